The molecule has 0 spiro atoms. The fourth-order valence-electron chi connectivity index (χ4n) is 3.08. The first-order chi connectivity index (χ1) is 14.4. The minimum Gasteiger partial charge on any atom is -0.377 e. The van der Waals surface area contributed by atoms with Gasteiger partial charge in [0.2, 0.25) is 0 Å². The van der Waals surface area contributed by atoms with E-state index in [1.165, 1.54) is 24.3 Å². The van der Waals surface area contributed by atoms with E-state index in [0.717, 1.165) is 17.7 Å². The summed E-state index contributed by atoms with van der Waals surface area (Å²) in [5, 5.41) is 5.66. The van der Waals surface area contributed by atoms with Crippen LogP contribution in [-0.4, -0.2) is 32.5 Å². The van der Waals surface area contributed by atoms with Gasteiger partial charge in [0.15, 0.2) is 0 Å². The average Bonchev–Trinajstić information content (AvgIpc) is 2.74. The third-order valence-corrected chi connectivity index (χ3v) is 4.61. The smallest absolute Gasteiger partial charge is 0.255 e. The van der Waals surface area contributed by atoms with Crippen LogP contribution in [0.25, 0.3) is 0 Å². The first-order valence-electron chi connectivity index (χ1n) is 9.64. The van der Waals surface area contributed by atoms with Gasteiger partial charge < -0.3 is 15.5 Å². The third-order valence-electron chi connectivity index (χ3n) is 4.61. The first kappa shape index (κ1) is 21.0. The van der Waals surface area contributed by atoms with Crippen LogP contribution in [0.2, 0.25) is 0 Å². The summed E-state index contributed by atoms with van der Waals surface area (Å²) < 4.78 is 13.4. The number of hydrogen-bond acceptors (Lipinski definition) is 3. The molecular weight excluding hydrogens is 381 g/mol. The van der Waals surface area contributed by atoms with E-state index in [1.807, 2.05) is 49.3 Å². The zero-order valence-electron chi connectivity index (χ0n) is 17.0. The summed E-state index contributed by atoms with van der Waals surface area (Å²) in [5.74, 6) is -1.15. The fraction of sp³-hybridized carbons (Fsp3) is 0.167. The molecular formula is C24H24FN3O2. The number of rotatable bonds is 7. The average molecular weight is 405 g/mol. The van der Waals surface area contributed by atoms with Crippen molar-refractivity contribution in [3.63, 3.8) is 0 Å². The summed E-state index contributed by atoms with van der Waals surface area (Å²) >= 11 is 0. The molecule has 0 atom stereocenters. The Labute approximate surface area is 175 Å². The molecule has 0 saturated carbocycles. The van der Waals surface area contributed by atoms with Gasteiger partial charge in [-0.3, -0.25) is 9.59 Å². The minimum atomic E-state index is -0.482. The van der Waals surface area contributed by atoms with Gasteiger partial charge in [0, 0.05) is 37.6 Å². The first-order valence-corrected chi connectivity index (χ1v) is 9.64. The SMILES string of the molecule is CN(C)c1ccc(NC(=O)c2cccc(F)c2)cc1C(=O)NCCc1ccccc1. The second-order valence-corrected chi connectivity index (χ2v) is 7.08. The minimum absolute atomic E-state index is 0.209. The van der Waals surface area contributed by atoms with E-state index in [2.05, 4.69) is 10.6 Å². The molecule has 30 heavy (non-hydrogen) atoms. The second-order valence-electron chi connectivity index (χ2n) is 7.08. The number of halogens is 1. The predicted molar refractivity (Wildman–Crippen MR) is 118 cm³/mol. The molecule has 3 aromatic carbocycles. The molecule has 2 amide bonds. The maximum Gasteiger partial charge on any atom is 0.255 e. The molecule has 0 aliphatic heterocycles. The number of hydrogen-bond donors (Lipinski definition) is 2. The molecule has 0 saturated heterocycles. The third kappa shape index (κ3) is 5.44. The number of nitrogens with one attached hydrogen (secondary N) is 2. The van der Waals surface area contributed by atoms with Crippen LogP contribution in [0.3, 0.4) is 0 Å². The molecule has 5 nitrogen and oxygen atoms in total. The Morgan fingerprint density at radius 1 is 0.900 bits per heavy atom. The Kier molecular flexibility index (Phi) is 6.80. The molecule has 0 heterocycles. The summed E-state index contributed by atoms with van der Waals surface area (Å²) in [7, 11) is 3.70. The molecule has 0 aliphatic rings. The van der Waals surface area contributed by atoms with Crippen molar-refractivity contribution in [3.8, 4) is 0 Å². The topological polar surface area (TPSA) is 61.4 Å². The van der Waals surface area contributed by atoms with E-state index in [0.29, 0.717) is 17.8 Å². The highest BCUT2D eigenvalue weighted by Crippen LogP contribution is 2.23. The van der Waals surface area contributed by atoms with E-state index < -0.39 is 11.7 Å². The Balaban J connectivity index is 1.73. The molecule has 0 fully saturated rings. The lowest BCUT2D eigenvalue weighted by Crippen LogP contribution is -2.28. The van der Waals surface area contributed by atoms with Crippen molar-refractivity contribution in [3.05, 3.63) is 95.3 Å². The second kappa shape index (κ2) is 9.69. The fourth-order valence-corrected chi connectivity index (χ4v) is 3.08. The summed E-state index contributed by atoms with van der Waals surface area (Å²) in [6.07, 6.45) is 0.722. The molecule has 0 aromatic heterocycles. The Morgan fingerprint density at radius 3 is 2.37 bits per heavy atom. The highest BCUT2D eigenvalue weighted by molar-refractivity contribution is 6.06. The van der Waals surface area contributed by atoms with Crippen LogP contribution in [0.4, 0.5) is 15.8 Å². The molecule has 0 bridgehead atoms. The Hall–Kier alpha value is -3.67. The number of carbonyl (C=O) groups is 2. The normalized spacial score (nSPS) is 10.4. The largest absolute Gasteiger partial charge is 0.377 e. The van der Waals surface area contributed by atoms with Crippen LogP contribution >= 0.6 is 0 Å². The van der Waals surface area contributed by atoms with Crippen molar-refractivity contribution in [2.24, 2.45) is 0 Å². The standard InChI is InChI=1S/C24H24FN3O2/c1-28(2)22-12-11-20(27-23(29)18-9-6-10-19(25)15-18)16-21(22)24(30)26-14-13-17-7-4-3-5-8-17/h3-12,15-16H,13-14H2,1-2H3,(H,26,30)(H,27,29). The van der Waals surface area contributed by atoms with Gasteiger partial charge in [-0.25, -0.2) is 4.39 Å². The van der Waals surface area contributed by atoms with Gasteiger partial charge in [0.1, 0.15) is 5.82 Å². The maximum absolute atomic E-state index is 13.4. The lowest BCUT2D eigenvalue weighted by Gasteiger charge is -2.18. The lowest BCUT2D eigenvalue weighted by molar-refractivity contribution is 0.0953. The molecule has 154 valence electrons. The molecule has 0 unspecified atom stereocenters. The summed E-state index contributed by atoms with van der Waals surface area (Å²) in [5.41, 5.74) is 2.99. The highest BCUT2D eigenvalue weighted by atomic mass is 19.1. The molecule has 0 aliphatic carbocycles. The van der Waals surface area contributed by atoms with Crippen LogP contribution < -0.4 is 15.5 Å². The van der Waals surface area contributed by atoms with E-state index in [1.54, 1.807) is 18.2 Å². The van der Waals surface area contributed by atoms with Crippen molar-refractivity contribution in [1.82, 2.24) is 5.32 Å². The van der Waals surface area contributed by atoms with Crippen molar-refractivity contribution in [1.29, 1.82) is 0 Å². The van der Waals surface area contributed by atoms with Gasteiger partial charge >= 0.3 is 0 Å². The quantitative estimate of drug-likeness (QED) is 0.622. The molecule has 2 N–H and O–H groups in total. The zero-order valence-corrected chi connectivity index (χ0v) is 17.0. The van der Waals surface area contributed by atoms with Gasteiger partial charge in [-0.05, 0) is 48.4 Å². The van der Waals surface area contributed by atoms with Gasteiger partial charge in [-0.15, -0.1) is 0 Å². The number of anilines is 2. The highest BCUT2D eigenvalue weighted by Gasteiger charge is 2.15. The number of amides is 2. The van der Waals surface area contributed by atoms with Crippen molar-refractivity contribution < 1.29 is 14.0 Å². The number of carbonyl (C=O) groups excluding carboxylic acids is 2. The van der Waals surface area contributed by atoms with Gasteiger partial charge in [-0.2, -0.15) is 0 Å². The van der Waals surface area contributed by atoms with Crippen LogP contribution in [0.1, 0.15) is 26.3 Å². The Bertz CT molecular complexity index is 1040. The summed E-state index contributed by atoms with van der Waals surface area (Å²) in [6.45, 7) is 0.496. The van der Waals surface area contributed by atoms with Crippen molar-refractivity contribution >= 4 is 23.2 Å². The molecule has 0 radical (unpaired) electrons. The van der Waals surface area contributed by atoms with Gasteiger partial charge in [0.05, 0.1) is 5.56 Å². The van der Waals surface area contributed by atoms with E-state index >= 15 is 0 Å². The number of nitrogens with zero attached hydrogens (tertiary/aromatic N) is 1. The zero-order chi connectivity index (χ0) is 21.5. The predicted octanol–water partition coefficient (Wildman–Crippen LogP) is 4.12. The van der Waals surface area contributed by atoms with Crippen LogP contribution in [0, 0.1) is 5.82 Å². The summed E-state index contributed by atoms with van der Waals surface area (Å²) in [6, 6.07) is 20.5. The van der Waals surface area contributed by atoms with Crippen molar-refractivity contribution in [2.45, 2.75) is 6.42 Å². The van der Waals surface area contributed by atoms with Gasteiger partial charge in [-0.1, -0.05) is 36.4 Å². The monoisotopic (exact) mass is 405 g/mol. The van der Waals surface area contributed by atoms with E-state index in [9.17, 15) is 14.0 Å². The Morgan fingerprint density at radius 2 is 1.67 bits per heavy atom. The van der Waals surface area contributed by atoms with Crippen LogP contribution in [0.15, 0.2) is 72.8 Å². The molecule has 3 aromatic rings. The molecule has 3 rings (SSSR count). The molecule has 6 heteroatoms. The van der Waals surface area contributed by atoms with Crippen LogP contribution in [0.5, 0.6) is 0 Å². The lowest BCUT2D eigenvalue weighted by atomic mass is 10.1. The summed E-state index contributed by atoms with van der Waals surface area (Å²) in [4.78, 5) is 27.1. The van der Waals surface area contributed by atoms with Crippen LogP contribution in [-0.2, 0) is 6.42 Å². The number of benzene rings is 3. The van der Waals surface area contributed by atoms with Gasteiger partial charge in [0.25, 0.3) is 11.8 Å². The van der Waals surface area contributed by atoms with E-state index in [4.69, 9.17) is 0 Å². The maximum atomic E-state index is 13.4. The van der Waals surface area contributed by atoms with E-state index in [-0.39, 0.29) is 11.5 Å². The van der Waals surface area contributed by atoms with Crippen molar-refractivity contribution in [2.75, 3.05) is 30.9 Å².